The van der Waals surface area contributed by atoms with Gasteiger partial charge in [-0.05, 0) is 82.2 Å². The Kier molecular flexibility index (Phi) is 11.1. The maximum Gasteiger partial charge on any atom is 0.339 e. The number of thioether (sulfide) groups is 1. The number of nitrogens with zero attached hydrogens (tertiary/aromatic N) is 1. The molecule has 0 atom stereocenters. The third kappa shape index (κ3) is 8.16. The molecule has 1 aliphatic rings. The van der Waals surface area contributed by atoms with Crippen LogP contribution in [0.3, 0.4) is 0 Å². The van der Waals surface area contributed by atoms with Crippen LogP contribution in [0.5, 0.6) is 5.75 Å². The predicted molar refractivity (Wildman–Crippen MR) is 168 cm³/mol. The Morgan fingerprint density at radius 2 is 1.83 bits per heavy atom. The van der Waals surface area contributed by atoms with Gasteiger partial charge in [0.2, 0.25) is 5.91 Å². The Bertz CT molecular complexity index is 1560. The standard InChI is InChI=1S/C30H25BrCl2N2O6S/c1-2-3-12-40-29(38)21-15-20(9-10-24(21)33)34-27(36)16-35-28(37)26(42-30(35)39)14-18-8-11-25(22(31)13-18)41-17-19-6-4-5-7-23(19)32/h4-11,13-15H,2-3,12,16-17H2,1H3,(H,34,36)/b26-14+. The molecule has 0 radical (unpaired) electrons. The van der Waals surface area contributed by atoms with E-state index < -0.39 is 29.6 Å². The summed E-state index contributed by atoms with van der Waals surface area (Å²) in [5.74, 6) is -1.23. The Hall–Kier alpha value is -3.31. The van der Waals surface area contributed by atoms with E-state index in [0.717, 1.165) is 28.6 Å². The number of ether oxygens (including phenoxy) is 2. The third-order valence-corrected chi connectivity index (χ3v) is 8.20. The summed E-state index contributed by atoms with van der Waals surface area (Å²) in [6.45, 7) is 2.01. The minimum Gasteiger partial charge on any atom is -0.488 e. The van der Waals surface area contributed by atoms with Gasteiger partial charge in [0, 0.05) is 16.3 Å². The number of carbonyl (C=O) groups excluding carboxylic acids is 4. The van der Waals surface area contributed by atoms with Crippen LogP contribution in [-0.2, 0) is 20.9 Å². The zero-order valence-corrected chi connectivity index (χ0v) is 26.2. The minimum atomic E-state index is -0.617. The quantitative estimate of drug-likeness (QED) is 0.124. The Labute approximate surface area is 265 Å². The number of benzene rings is 3. The highest BCUT2D eigenvalue weighted by atomic mass is 79.9. The van der Waals surface area contributed by atoms with E-state index in [-0.39, 0.29) is 34.4 Å². The first-order valence-corrected chi connectivity index (χ1v) is 15.2. The SMILES string of the molecule is CCCCOC(=O)c1cc(NC(=O)CN2C(=O)S/C(=C/c3ccc(OCc4ccccc4Cl)c(Br)c3)C2=O)ccc1Cl. The maximum atomic E-state index is 13.0. The van der Waals surface area contributed by atoms with Crippen molar-refractivity contribution in [1.82, 2.24) is 4.90 Å². The molecule has 0 aliphatic carbocycles. The van der Waals surface area contributed by atoms with Crippen LogP contribution in [-0.4, -0.2) is 41.1 Å². The number of imide groups is 1. The van der Waals surface area contributed by atoms with Crippen molar-refractivity contribution in [2.45, 2.75) is 26.4 Å². The van der Waals surface area contributed by atoms with Crippen LogP contribution in [0.4, 0.5) is 10.5 Å². The second kappa shape index (κ2) is 14.7. The molecule has 1 heterocycles. The summed E-state index contributed by atoms with van der Waals surface area (Å²) in [6, 6.07) is 17.0. The number of esters is 1. The second-order valence-electron chi connectivity index (χ2n) is 9.07. The van der Waals surface area contributed by atoms with Crippen molar-refractivity contribution in [3.63, 3.8) is 0 Å². The molecule has 8 nitrogen and oxygen atoms in total. The molecule has 1 N–H and O–H groups in total. The van der Waals surface area contributed by atoms with E-state index in [4.69, 9.17) is 32.7 Å². The van der Waals surface area contributed by atoms with Crippen molar-refractivity contribution in [2.75, 3.05) is 18.5 Å². The molecule has 0 spiro atoms. The molecule has 4 rings (SSSR count). The molecule has 12 heteroatoms. The van der Waals surface area contributed by atoms with Crippen LogP contribution in [0.1, 0.15) is 41.3 Å². The van der Waals surface area contributed by atoms with Gasteiger partial charge in [0.25, 0.3) is 11.1 Å². The number of unbranched alkanes of at least 4 members (excludes halogenated alkanes) is 1. The van der Waals surface area contributed by atoms with Gasteiger partial charge >= 0.3 is 5.97 Å². The summed E-state index contributed by atoms with van der Waals surface area (Å²) < 4.78 is 11.7. The van der Waals surface area contributed by atoms with Gasteiger partial charge < -0.3 is 14.8 Å². The molecule has 3 aromatic carbocycles. The number of hydrogen-bond acceptors (Lipinski definition) is 7. The van der Waals surface area contributed by atoms with Crippen LogP contribution in [0, 0.1) is 0 Å². The average molecular weight is 692 g/mol. The summed E-state index contributed by atoms with van der Waals surface area (Å²) in [6.07, 6.45) is 3.15. The lowest BCUT2D eigenvalue weighted by atomic mass is 10.2. The lowest BCUT2D eigenvalue weighted by molar-refractivity contribution is -0.127. The lowest BCUT2D eigenvalue weighted by Crippen LogP contribution is -2.36. The van der Waals surface area contributed by atoms with Crippen LogP contribution in [0.15, 0.2) is 70.0 Å². The van der Waals surface area contributed by atoms with Gasteiger partial charge in [0.1, 0.15) is 18.9 Å². The van der Waals surface area contributed by atoms with E-state index in [1.165, 1.54) is 18.2 Å². The molecule has 0 bridgehead atoms. The number of rotatable bonds is 11. The third-order valence-electron chi connectivity index (χ3n) is 5.97. The second-order valence-corrected chi connectivity index (χ2v) is 11.7. The summed E-state index contributed by atoms with van der Waals surface area (Å²) in [4.78, 5) is 51.6. The number of nitrogens with one attached hydrogen (secondary N) is 1. The maximum absolute atomic E-state index is 13.0. The van der Waals surface area contributed by atoms with Gasteiger partial charge in [-0.1, -0.05) is 60.8 Å². The highest BCUT2D eigenvalue weighted by molar-refractivity contribution is 9.10. The minimum absolute atomic E-state index is 0.103. The van der Waals surface area contributed by atoms with Gasteiger partial charge in [0.05, 0.1) is 26.6 Å². The average Bonchev–Trinajstić information content (AvgIpc) is 3.21. The highest BCUT2D eigenvalue weighted by Gasteiger charge is 2.36. The summed E-state index contributed by atoms with van der Waals surface area (Å²) in [5.41, 5.74) is 1.87. The van der Waals surface area contributed by atoms with Crippen LogP contribution in [0.25, 0.3) is 6.08 Å². The predicted octanol–water partition coefficient (Wildman–Crippen LogP) is 7.97. The molecule has 218 valence electrons. The fraction of sp³-hybridized carbons (Fsp3) is 0.200. The van der Waals surface area contributed by atoms with Gasteiger partial charge in [-0.2, -0.15) is 0 Å². The highest BCUT2D eigenvalue weighted by Crippen LogP contribution is 2.34. The zero-order chi connectivity index (χ0) is 30.2. The monoisotopic (exact) mass is 690 g/mol. The van der Waals surface area contributed by atoms with E-state index in [9.17, 15) is 19.2 Å². The number of carbonyl (C=O) groups is 4. The fourth-order valence-corrected chi connectivity index (χ4v) is 5.51. The van der Waals surface area contributed by atoms with Gasteiger partial charge in [-0.15, -0.1) is 0 Å². The molecule has 0 aromatic heterocycles. The van der Waals surface area contributed by atoms with Crippen molar-refractivity contribution in [1.29, 1.82) is 0 Å². The van der Waals surface area contributed by atoms with Crippen LogP contribution >= 0.6 is 50.9 Å². The summed E-state index contributed by atoms with van der Waals surface area (Å²) >= 11 is 16.5. The molecule has 0 saturated carbocycles. The van der Waals surface area contributed by atoms with E-state index in [1.54, 1.807) is 30.3 Å². The number of amides is 3. The van der Waals surface area contributed by atoms with Gasteiger partial charge in [-0.3, -0.25) is 19.3 Å². The summed E-state index contributed by atoms with van der Waals surface area (Å²) in [5, 5.41) is 2.81. The molecule has 3 aromatic rings. The normalized spacial score (nSPS) is 13.9. The first-order chi connectivity index (χ1) is 20.2. The molecular formula is C30H25BrCl2N2O6S. The topological polar surface area (TPSA) is 102 Å². The molecule has 1 fully saturated rings. The number of halogens is 3. The first kappa shape index (κ1) is 31.6. The van der Waals surface area contributed by atoms with Crippen molar-refractivity contribution >= 4 is 85.7 Å². The van der Waals surface area contributed by atoms with E-state index in [1.807, 2.05) is 25.1 Å². The Morgan fingerprint density at radius 3 is 2.57 bits per heavy atom. The molecule has 1 saturated heterocycles. The Morgan fingerprint density at radius 1 is 1.05 bits per heavy atom. The molecule has 0 unspecified atom stereocenters. The van der Waals surface area contributed by atoms with Crippen molar-refractivity contribution < 1.29 is 28.7 Å². The van der Waals surface area contributed by atoms with Crippen LogP contribution in [0.2, 0.25) is 10.0 Å². The van der Waals surface area contributed by atoms with E-state index in [0.29, 0.717) is 27.2 Å². The lowest BCUT2D eigenvalue weighted by Gasteiger charge is -2.13. The van der Waals surface area contributed by atoms with Crippen LogP contribution < -0.4 is 10.1 Å². The van der Waals surface area contributed by atoms with Crippen molar-refractivity contribution in [3.05, 3.63) is 96.8 Å². The van der Waals surface area contributed by atoms with Gasteiger partial charge in [0.15, 0.2) is 0 Å². The molecular weight excluding hydrogens is 667 g/mol. The zero-order valence-electron chi connectivity index (χ0n) is 22.3. The first-order valence-electron chi connectivity index (χ1n) is 12.8. The molecule has 42 heavy (non-hydrogen) atoms. The van der Waals surface area contributed by atoms with Gasteiger partial charge in [-0.25, -0.2) is 4.79 Å². The number of hydrogen-bond donors (Lipinski definition) is 1. The van der Waals surface area contributed by atoms with E-state index >= 15 is 0 Å². The summed E-state index contributed by atoms with van der Waals surface area (Å²) in [7, 11) is 0. The largest absolute Gasteiger partial charge is 0.488 e. The van der Waals surface area contributed by atoms with E-state index in [2.05, 4.69) is 21.2 Å². The molecule has 3 amide bonds. The Balaban J connectivity index is 1.37. The molecule has 1 aliphatic heterocycles. The smallest absolute Gasteiger partial charge is 0.339 e. The van der Waals surface area contributed by atoms with Crippen molar-refractivity contribution in [3.8, 4) is 5.75 Å². The fourth-order valence-electron chi connectivity index (χ4n) is 3.77. The van der Waals surface area contributed by atoms with Crippen molar-refractivity contribution in [2.24, 2.45) is 0 Å². The number of anilines is 1.